The summed E-state index contributed by atoms with van der Waals surface area (Å²) < 4.78 is 11.0. The van der Waals surface area contributed by atoms with Crippen molar-refractivity contribution in [1.29, 1.82) is 0 Å². The largest absolute Gasteiger partial charge is 0.490 e. The second-order valence-corrected chi connectivity index (χ2v) is 5.49. The van der Waals surface area contributed by atoms with Crippen LogP contribution in [0.5, 0.6) is 11.5 Å². The van der Waals surface area contributed by atoms with Gasteiger partial charge in [0.1, 0.15) is 0 Å². The molecule has 0 aromatic heterocycles. The third kappa shape index (κ3) is 6.12. The van der Waals surface area contributed by atoms with Crippen LogP contribution in [0.4, 0.5) is 5.69 Å². The maximum Gasteiger partial charge on any atom is 0.265 e. The van der Waals surface area contributed by atoms with Crippen molar-refractivity contribution in [3.05, 3.63) is 53.6 Å². The normalized spacial score (nSPS) is 10.6. The van der Waals surface area contributed by atoms with Gasteiger partial charge in [-0.25, -0.2) is 0 Å². The molecule has 138 valence electrons. The van der Waals surface area contributed by atoms with Crippen LogP contribution in [-0.4, -0.2) is 31.9 Å². The van der Waals surface area contributed by atoms with Crippen molar-refractivity contribution in [1.82, 2.24) is 0 Å². The third-order valence-corrected chi connectivity index (χ3v) is 3.38. The van der Waals surface area contributed by atoms with E-state index in [1.54, 1.807) is 24.4 Å². The van der Waals surface area contributed by atoms with E-state index in [0.29, 0.717) is 30.4 Å². The summed E-state index contributed by atoms with van der Waals surface area (Å²) in [4.78, 5) is 17.0. The lowest BCUT2D eigenvalue weighted by molar-refractivity contribution is -0.120. The molecule has 2 aromatic rings. The molecule has 0 unspecified atom stereocenters. The summed E-state index contributed by atoms with van der Waals surface area (Å²) in [5.41, 5.74) is 2.68. The molecule has 6 heteroatoms. The van der Waals surface area contributed by atoms with Crippen LogP contribution >= 0.6 is 0 Å². The first kappa shape index (κ1) is 19.3. The number of hydrogen-bond acceptors (Lipinski definition) is 5. The summed E-state index contributed by atoms with van der Waals surface area (Å²) in [5, 5.41) is 6.55. The monoisotopic (exact) mass is 356 g/mol. The maximum atomic E-state index is 12.0. The average molecular weight is 356 g/mol. The van der Waals surface area contributed by atoms with Crippen molar-refractivity contribution < 1.29 is 19.1 Å². The zero-order chi connectivity index (χ0) is 18.8. The number of benzene rings is 2. The molecule has 0 saturated carbocycles. The molecule has 0 bridgehead atoms. The molecule has 26 heavy (non-hydrogen) atoms. The van der Waals surface area contributed by atoms with Crippen LogP contribution < -0.4 is 14.8 Å². The van der Waals surface area contributed by atoms with Gasteiger partial charge in [0.15, 0.2) is 18.1 Å². The summed E-state index contributed by atoms with van der Waals surface area (Å²) in [6.07, 6.45) is 1.57. The molecule has 0 atom stereocenters. The number of ether oxygens (including phenoxy) is 2. The lowest BCUT2D eigenvalue weighted by Gasteiger charge is -2.12. The fraction of sp³-hybridized carbons (Fsp3) is 0.300. The van der Waals surface area contributed by atoms with Crippen LogP contribution in [0.25, 0.3) is 0 Å². The number of hydrogen-bond donors (Lipinski definition) is 1. The highest BCUT2D eigenvalue weighted by molar-refractivity contribution is 5.92. The van der Waals surface area contributed by atoms with Crippen molar-refractivity contribution in [3.63, 3.8) is 0 Å². The molecule has 0 fully saturated rings. The molecular formula is C20H24N2O4. The summed E-state index contributed by atoms with van der Waals surface area (Å²) >= 11 is 0. The Morgan fingerprint density at radius 3 is 2.42 bits per heavy atom. The number of carbonyl (C=O) groups excluding carboxylic acids is 1. The van der Waals surface area contributed by atoms with Crippen LogP contribution in [0.1, 0.15) is 25.0 Å². The van der Waals surface area contributed by atoms with E-state index in [1.807, 2.05) is 45.0 Å². The Morgan fingerprint density at radius 1 is 1.04 bits per heavy atom. The van der Waals surface area contributed by atoms with E-state index in [4.69, 9.17) is 14.3 Å². The van der Waals surface area contributed by atoms with Gasteiger partial charge in [-0.3, -0.25) is 4.79 Å². The number of nitrogens with one attached hydrogen (secondary N) is 1. The van der Waals surface area contributed by atoms with Crippen LogP contribution in [-0.2, 0) is 9.63 Å². The highest BCUT2D eigenvalue weighted by Gasteiger charge is 2.08. The first-order valence-corrected chi connectivity index (χ1v) is 8.54. The predicted octanol–water partition coefficient (Wildman–Crippen LogP) is 3.78. The quantitative estimate of drug-likeness (QED) is 0.548. The zero-order valence-electron chi connectivity index (χ0n) is 15.3. The molecule has 2 aromatic carbocycles. The SMILES string of the molecule is CCOc1ccc(NC(=O)CO/N=C\c2ccc(C)cc2)cc1OCC. The molecule has 6 nitrogen and oxygen atoms in total. The van der Waals surface area contributed by atoms with E-state index in [1.165, 1.54) is 5.56 Å². The Bertz CT molecular complexity index is 742. The number of rotatable bonds is 9. The second kappa shape index (κ2) is 10.1. The molecular weight excluding hydrogens is 332 g/mol. The Morgan fingerprint density at radius 2 is 1.73 bits per heavy atom. The highest BCUT2D eigenvalue weighted by Crippen LogP contribution is 2.30. The number of anilines is 1. The van der Waals surface area contributed by atoms with Gasteiger partial charge in [0.2, 0.25) is 0 Å². The molecule has 1 N–H and O–H groups in total. The number of aryl methyl sites for hydroxylation is 1. The van der Waals surface area contributed by atoms with E-state index in [0.717, 1.165) is 5.56 Å². The Balaban J connectivity index is 1.86. The van der Waals surface area contributed by atoms with Crippen molar-refractivity contribution in [2.75, 3.05) is 25.1 Å². The predicted molar refractivity (Wildman–Crippen MR) is 102 cm³/mol. The molecule has 0 aliphatic carbocycles. The minimum Gasteiger partial charge on any atom is -0.490 e. The maximum absolute atomic E-state index is 12.0. The topological polar surface area (TPSA) is 69.2 Å². The molecule has 2 rings (SSSR count). The summed E-state index contributed by atoms with van der Waals surface area (Å²) in [5.74, 6) is 0.925. The van der Waals surface area contributed by atoms with E-state index in [-0.39, 0.29) is 12.5 Å². The molecule has 0 radical (unpaired) electrons. The molecule has 0 aliphatic heterocycles. The smallest absolute Gasteiger partial charge is 0.265 e. The minimum absolute atomic E-state index is 0.181. The Hall–Kier alpha value is -3.02. The second-order valence-electron chi connectivity index (χ2n) is 5.49. The lowest BCUT2D eigenvalue weighted by atomic mass is 10.2. The van der Waals surface area contributed by atoms with Gasteiger partial charge in [0.25, 0.3) is 5.91 Å². The molecule has 0 spiro atoms. The van der Waals surface area contributed by atoms with E-state index in [2.05, 4.69) is 10.5 Å². The van der Waals surface area contributed by atoms with Crippen LogP contribution in [0.3, 0.4) is 0 Å². The summed E-state index contributed by atoms with van der Waals surface area (Å²) in [7, 11) is 0. The van der Waals surface area contributed by atoms with Gasteiger partial charge in [-0.05, 0) is 38.5 Å². The van der Waals surface area contributed by atoms with Gasteiger partial charge in [-0.2, -0.15) is 0 Å². The first-order valence-electron chi connectivity index (χ1n) is 8.54. The fourth-order valence-electron chi connectivity index (χ4n) is 2.17. The van der Waals surface area contributed by atoms with E-state index >= 15 is 0 Å². The molecule has 0 aliphatic rings. The lowest BCUT2D eigenvalue weighted by Crippen LogP contribution is -2.17. The first-order chi connectivity index (χ1) is 12.6. The van der Waals surface area contributed by atoms with Crippen molar-refractivity contribution in [2.24, 2.45) is 5.16 Å². The average Bonchev–Trinajstić information content (AvgIpc) is 2.63. The fourth-order valence-corrected chi connectivity index (χ4v) is 2.17. The van der Waals surface area contributed by atoms with Crippen molar-refractivity contribution in [3.8, 4) is 11.5 Å². The number of oxime groups is 1. The van der Waals surface area contributed by atoms with E-state index < -0.39 is 0 Å². The third-order valence-electron chi connectivity index (χ3n) is 3.38. The van der Waals surface area contributed by atoms with Crippen molar-refractivity contribution in [2.45, 2.75) is 20.8 Å². The van der Waals surface area contributed by atoms with Crippen LogP contribution in [0, 0.1) is 6.92 Å². The van der Waals surface area contributed by atoms with Crippen LogP contribution in [0.2, 0.25) is 0 Å². The van der Waals surface area contributed by atoms with E-state index in [9.17, 15) is 4.79 Å². The number of carbonyl (C=O) groups is 1. The Kier molecular flexibility index (Phi) is 7.49. The van der Waals surface area contributed by atoms with Gasteiger partial charge >= 0.3 is 0 Å². The van der Waals surface area contributed by atoms with Gasteiger partial charge in [0.05, 0.1) is 19.4 Å². The highest BCUT2D eigenvalue weighted by atomic mass is 16.6. The zero-order valence-corrected chi connectivity index (χ0v) is 15.3. The Labute approximate surface area is 153 Å². The van der Waals surface area contributed by atoms with Gasteiger partial charge in [-0.15, -0.1) is 0 Å². The minimum atomic E-state index is -0.308. The number of nitrogens with zero attached hydrogens (tertiary/aromatic N) is 1. The van der Waals surface area contributed by atoms with Gasteiger partial charge in [-0.1, -0.05) is 35.0 Å². The van der Waals surface area contributed by atoms with Gasteiger partial charge in [0, 0.05) is 11.8 Å². The standard InChI is InChI=1S/C20H24N2O4/c1-4-24-18-11-10-17(12-19(18)25-5-2)22-20(23)14-26-21-13-16-8-6-15(3)7-9-16/h6-13H,4-5,14H2,1-3H3,(H,22,23)/b21-13-. The number of amides is 1. The van der Waals surface area contributed by atoms with Crippen molar-refractivity contribution >= 4 is 17.8 Å². The summed E-state index contributed by atoms with van der Waals surface area (Å²) in [6, 6.07) is 13.1. The molecule has 0 heterocycles. The summed E-state index contributed by atoms with van der Waals surface area (Å²) in [6.45, 7) is 6.67. The molecule has 0 saturated heterocycles. The molecule has 1 amide bonds. The van der Waals surface area contributed by atoms with Gasteiger partial charge < -0.3 is 19.6 Å². The van der Waals surface area contributed by atoms with Crippen LogP contribution in [0.15, 0.2) is 47.6 Å².